The molecule has 6 heteroatoms. The van der Waals surface area contributed by atoms with Crippen molar-refractivity contribution in [3.8, 4) is 0 Å². The average Bonchev–Trinajstić information content (AvgIpc) is 2.54. The molecule has 0 aromatic heterocycles. The van der Waals surface area contributed by atoms with Gasteiger partial charge in [-0.25, -0.2) is 9.38 Å². The third kappa shape index (κ3) is 5.45. The predicted molar refractivity (Wildman–Crippen MR) is 99.7 cm³/mol. The molecule has 2 N–H and O–H groups in total. The molecule has 0 aliphatic heterocycles. The summed E-state index contributed by atoms with van der Waals surface area (Å²) in [5.74, 6) is 0.534. The van der Waals surface area contributed by atoms with Crippen LogP contribution in [-0.2, 0) is 11.3 Å². The van der Waals surface area contributed by atoms with E-state index in [2.05, 4.69) is 31.6 Å². The third-order valence-corrected chi connectivity index (χ3v) is 5.41. The van der Waals surface area contributed by atoms with Crippen LogP contribution < -0.4 is 10.6 Å². The van der Waals surface area contributed by atoms with E-state index < -0.39 is 0 Å². The number of ether oxygens (including phenoxy) is 1. The van der Waals surface area contributed by atoms with E-state index in [0.29, 0.717) is 12.0 Å². The van der Waals surface area contributed by atoms with E-state index in [0.717, 1.165) is 42.1 Å². The van der Waals surface area contributed by atoms with E-state index in [-0.39, 0.29) is 5.82 Å². The SMILES string of the molecule is CCNC(=NCc1cc(F)ccc1Br)NCC1(CCOC)CCC1. The van der Waals surface area contributed by atoms with Crippen molar-refractivity contribution in [1.29, 1.82) is 0 Å². The van der Waals surface area contributed by atoms with Gasteiger partial charge in [0.05, 0.1) is 6.54 Å². The van der Waals surface area contributed by atoms with E-state index in [4.69, 9.17) is 4.74 Å². The van der Waals surface area contributed by atoms with Crippen molar-refractivity contribution in [3.05, 3.63) is 34.1 Å². The number of hydrogen-bond donors (Lipinski definition) is 2. The van der Waals surface area contributed by atoms with Crippen molar-refractivity contribution in [2.45, 2.75) is 39.2 Å². The molecule has 2 rings (SSSR count). The van der Waals surface area contributed by atoms with Crippen molar-refractivity contribution in [1.82, 2.24) is 10.6 Å². The monoisotopic (exact) mass is 399 g/mol. The zero-order valence-electron chi connectivity index (χ0n) is 14.5. The summed E-state index contributed by atoms with van der Waals surface area (Å²) in [6.45, 7) is 4.96. The van der Waals surface area contributed by atoms with Crippen molar-refractivity contribution >= 4 is 21.9 Å². The zero-order valence-corrected chi connectivity index (χ0v) is 16.1. The second-order valence-corrected chi connectivity index (χ2v) is 7.24. The van der Waals surface area contributed by atoms with Crippen LogP contribution in [0.4, 0.5) is 4.39 Å². The van der Waals surface area contributed by atoms with Crippen LogP contribution >= 0.6 is 15.9 Å². The minimum atomic E-state index is -0.241. The van der Waals surface area contributed by atoms with Gasteiger partial charge < -0.3 is 15.4 Å². The summed E-state index contributed by atoms with van der Waals surface area (Å²) in [6.07, 6.45) is 4.83. The average molecular weight is 400 g/mol. The van der Waals surface area contributed by atoms with Crippen LogP contribution in [0.1, 0.15) is 38.2 Å². The normalized spacial score (nSPS) is 16.6. The molecule has 0 unspecified atom stereocenters. The van der Waals surface area contributed by atoms with E-state index >= 15 is 0 Å². The van der Waals surface area contributed by atoms with Gasteiger partial charge in [0.15, 0.2) is 5.96 Å². The number of hydrogen-bond acceptors (Lipinski definition) is 2. The van der Waals surface area contributed by atoms with Crippen LogP contribution in [0.5, 0.6) is 0 Å². The molecule has 0 heterocycles. The lowest BCUT2D eigenvalue weighted by atomic mass is 9.67. The highest BCUT2D eigenvalue weighted by Crippen LogP contribution is 2.43. The molecule has 0 amide bonds. The highest BCUT2D eigenvalue weighted by Gasteiger charge is 2.36. The molecule has 0 bridgehead atoms. The molecule has 1 aliphatic carbocycles. The van der Waals surface area contributed by atoms with Gasteiger partial charge in [0.1, 0.15) is 5.82 Å². The van der Waals surface area contributed by atoms with Gasteiger partial charge in [-0.1, -0.05) is 22.4 Å². The Hall–Kier alpha value is -1.14. The van der Waals surface area contributed by atoms with Crippen LogP contribution in [0.3, 0.4) is 0 Å². The number of nitrogens with one attached hydrogen (secondary N) is 2. The molecule has 1 aliphatic rings. The van der Waals surface area contributed by atoms with Gasteiger partial charge in [-0.15, -0.1) is 0 Å². The Morgan fingerprint density at radius 2 is 2.17 bits per heavy atom. The molecule has 4 nitrogen and oxygen atoms in total. The Labute approximate surface area is 152 Å². The molecule has 0 atom stereocenters. The Bertz CT molecular complexity index is 561. The maximum Gasteiger partial charge on any atom is 0.191 e. The van der Waals surface area contributed by atoms with E-state index in [1.54, 1.807) is 13.2 Å². The van der Waals surface area contributed by atoms with Crippen molar-refractivity contribution in [3.63, 3.8) is 0 Å². The standard InChI is InChI=1S/C18H27BrFN3O/c1-3-21-17(22-12-14-11-15(20)5-6-16(14)19)23-13-18(7-4-8-18)9-10-24-2/h5-6,11H,3-4,7-10,12-13H2,1-2H3,(H2,21,22,23). The first-order valence-electron chi connectivity index (χ1n) is 8.53. The summed E-state index contributed by atoms with van der Waals surface area (Å²) in [6, 6.07) is 4.68. The van der Waals surface area contributed by atoms with Gasteiger partial charge in [0, 0.05) is 31.3 Å². The molecule has 1 aromatic carbocycles. The fourth-order valence-corrected chi connectivity index (χ4v) is 3.32. The Morgan fingerprint density at radius 1 is 1.38 bits per heavy atom. The lowest BCUT2D eigenvalue weighted by Crippen LogP contribution is -2.46. The lowest BCUT2D eigenvalue weighted by Gasteiger charge is -2.42. The quantitative estimate of drug-likeness (QED) is 0.515. The maximum absolute atomic E-state index is 13.4. The Balaban J connectivity index is 1.96. The van der Waals surface area contributed by atoms with Crippen LogP contribution in [-0.4, -0.2) is 32.8 Å². The molecule has 0 radical (unpaired) electrons. The largest absolute Gasteiger partial charge is 0.385 e. The van der Waals surface area contributed by atoms with Gasteiger partial charge in [0.25, 0.3) is 0 Å². The van der Waals surface area contributed by atoms with E-state index in [9.17, 15) is 4.39 Å². The summed E-state index contributed by atoms with van der Waals surface area (Å²) in [5, 5.41) is 6.71. The van der Waals surface area contributed by atoms with Gasteiger partial charge in [-0.2, -0.15) is 0 Å². The molecule has 0 spiro atoms. The lowest BCUT2D eigenvalue weighted by molar-refractivity contribution is 0.0732. The van der Waals surface area contributed by atoms with Crippen molar-refractivity contribution < 1.29 is 9.13 Å². The number of nitrogens with zero attached hydrogens (tertiary/aromatic N) is 1. The minimum absolute atomic E-state index is 0.241. The summed E-state index contributed by atoms with van der Waals surface area (Å²) in [5.41, 5.74) is 1.16. The summed E-state index contributed by atoms with van der Waals surface area (Å²) >= 11 is 3.45. The summed E-state index contributed by atoms with van der Waals surface area (Å²) < 4.78 is 19.5. The van der Waals surface area contributed by atoms with Gasteiger partial charge in [-0.05, 0) is 55.4 Å². The first-order valence-corrected chi connectivity index (χ1v) is 9.33. The van der Waals surface area contributed by atoms with Crippen LogP contribution in [0.15, 0.2) is 27.7 Å². The summed E-state index contributed by atoms with van der Waals surface area (Å²) in [7, 11) is 1.75. The second-order valence-electron chi connectivity index (χ2n) is 6.38. The first kappa shape index (κ1) is 19.2. The minimum Gasteiger partial charge on any atom is -0.385 e. The molecular weight excluding hydrogens is 373 g/mol. The first-order chi connectivity index (χ1) is 11.6. The molecule has 0 saturated heterocycles. The molecule has 1 aromatic rings. The fourth-order valence-electron chi connectivity index (χ4n) is 2.95. The molecule has 24 heavy (non-hydrogen) atoms. The van der Waals surface area contributed by atoms with Gasteiger partial charge in [0.2, 0.25) is 0 Å². The van der Waals surface area contributed by atoms with Crippen LogP contribution in [0, 0.1) is 11.2 Å². The number of methoxy groups -OCH3 is 1. The number of rotatable bonds is 8. The fraction of sp³-hybridized carbons (Fsp3) is 0.611. The summed E-state index contributed by atoms with van der Waals surface area (Å²) in [4.78, 5) is 4.59. The molecule has 1 saturated carbocycles. The van der Waals surface area contributed by atoms with E-state index in [1.807, 2.05) is 6.92 Å². The Kier molecular flexibility index (Phi) is 7.49. The third-order valence-electron chi connectivity index (χ3n) is 4.64. The number of benzene rings is 1. The van der Waals surface area contributed by atoms with E-state index in [1.165, 1.54) is 31.4 Å². The number of guanidine groups is 1. The van der Waals surface area contributed by atoms with Crippen LogP contribution in [0.2, 0.25) is 0 Å². The highest BCUT2D eigenvalue weighted by atomic mass is 79.9. The molecular formula is C18H27BrFN3O. The Morgan fingerprint density at radius 3 is 2.79 bits per heavy atom. The maximum atomic E-state index is 13.4. The topological polar surface area (TPSA) is 45.7 Å². The molecule has 134 valence electrons. The second kappa shape index (κ2) is 9.37. The van der Waals surface area contributed by atoms with Crippen molar-refractivity contribution in [2.75, 3.05) is 26.8 Å². The van der Waals surface area contributed by atoms with Gasteiger partial charge >= 0.3 is 0 Å². The smallest absolute Gasteiger partial charge is 0.191 e. The highest BCUT2D eigenvalue weighted by molar-refractivity contribution is 9.10. The number of aliphatic imine (C=N–C) groups is 1. The number of halogens is 2. The molecule has 1 fully saturated rings. The van der Waals surface area contributed by atoms with Gasteiger partial charge in [-0.3, -0.25) is 0 Å². The zero-order chi connectivity index (χ0) is 17.4. The predicted octanol–water partition coefficient (Wildman–Crippen LogP) is 3.85. The van der Waals surface area contributed by atoms with Crippen LogP contribution in [0.25, 0.3) is 0 Å². The van der Waals surface area contributed by atoms with Crippen molar-refractivity contribution in [2.24, 2.45) is 10.4 Å².